The number of carbonyl (C=O) groups is 1. The number of ketones is 1. The Bertz CT molecular complexity index is 587. The van der Waals surface area contributed by atoms with Crippen molar-refractivity contribution in [2.75, 3.05) is 0 Å². The third-order valence-corrected chi connectivity index (χ3v) is 3.18. The van der Waals surface area contributed by atoms with Crippen LogP contribution in [0.4, 0.5) is 0 Å². The van der Waals surface area contributed by atoms with Crippen molar-refractivity contribution in [2.24, 2.45) is 0 Å². The molecule has 0 amide bonds. The summed E-state index contributed by atoms with van der Waals surface area (Å²) in [5.41, 5.74) is 3.88. The summed E-state index contributed by atoms with van der Waals surface area (Å²) in [6.07, 6.45) is 0.394. The van der Waals surface area contributed by atoms with E-state index in [1.54, 1.807) is 0 Å². The average Bonchev–Trinajstić information content (AvgIpc) is 2.32. The van der Waals surface area contributed by atoms with Crippen molar-refractivity contribution in [2.45, 2.75) is 20.3 Å². The van der Waals surface area contributed by atoms with Crippen molar-refractivity contribution < 1.29 is 4.79 Å². The number of hydrogen-bond acceptors (Lipinski definition) is 1. The van der Waals surface area contributed by atoms with E-state index in [1.807, 2.05) is 56.3 Å². The van der Waals surface area contributed by atoms with Crippen LogP contribution in [0.5, 0.6) is 0 Å². The fourth-order valence-electron chi connectivity index (χ4n) is 1.96. The Morgan fingerprint density at radius 1 is 1.11 bits per heavy atom. The summed E-state index contributed by atoms with van der Waals surface area (Å²) in [5, 5.41) is 0.668. The van der Waals surface area contributed by atoms with E-state index in [-0.39, 0.29) is 5.78 Å². The summed E-state index contributed by atoms with van der Waals surface area (Å²) >= 11 is 5.92. The van der Waals surface area contributed by atoms with Crippen LogP contribution in [-0.4, -0.2) is 5.78 Å². The van der Waals surface area contributed by atoms with E-state index in [0.29, 0.717) is 11.4 Å². The van der Waals surface area contributed by atoms with Gasteiger partial charge in [-0.15, -0.1) is 0 Å². The third kappa shape index (κ3) is 2.99. The van der Waals surface area contributed by atoms with Crippen molar-refractivity contribution in [1.29, 1.82) is 0 Å². The molecule has 0 aliphatic heterocycles. The van der Waals surface area contributed by atoms with Crippen LogP contribution >= 0.6 is 11.6 Å². The van der Waals surface area contributed by atoms with Gasteiger partial charge < -0.3 is 0 Å². The molecule has 0 spiro atoms. The highest BCUT2D eigenvalue weighted by Gasteiger charge is 2.10. The van der Waals surface area contributed by atoms with Gasteiger partial charge in [-0.2, -0.15) is 0 Å². The van der Waals surface area contributed by atoms with Gasteiger partial charge in [-0.25, -0.2) is 0 Å². The SMILES string of the molecule is Cc1ccc(C)c(C(=O)Cc2cccc(Cl)c2)c1. The number of halogens is 1. The second-order valence-electron chi connectivity index (χ2n) is 4.55. The summed E-state index contributed by atoms with van der Waals surface area (Å²) < 4.78 is 0. The number of hydrogen-bond donors (Lipinski definition) is 0. The molecule has 0 aliphatic carbocycles. The maximum absolute atomic E-state index is 12.3. The highest BCUT2D eigenvalue weighted by Crippen LogP contribution is 2.16. The second-order valence-corrected chi connectivity index (χ2v) is 4.98. The molecule has 0 aliphatic rings. The van der Waals surface area contributed by atoms with Gasteiger partial charge in [0, 0.05) is 17.0 Å². The van der Waals surface area contributed by atoms with Gasteiger partial charge in [-0.05, 0) is 43.2 Å². The first-order chi connectivity index (χ1) is 8.56. The summed E-state index contributed by atoms with van der Waals surface area (Å²) in [7, 11) is 0. The minimum Gasteiger partial charge on any atom is -0.294 e. The molecule has 0 atom stereocenters. The van der Waals surface area contributed by atoms with Crippen LogP contribution in [0.2, 0.25) is 5.02 Å². The molecule has 2 heteroatoms. The number of aryl methyl sites for hydroxylation is 2. The molecule has 0 fully saturated rings. The number of rotatable bonds is 3. The smallest absolute Gasteiger partial charge is 0.167 e. The van der Waals surface area contributed by atoms with E-state index < -0.39 is 0 Å². The molecule has 2 aromatic carbocycles. The lowest BCUT2D eigenvalue weighted by Gasteiger charge is -2.06. The Balaban J connectivity index is 2.24. The maximum atomic E-state index is 12.3. The van der Waals surface area contributed by atoms with Crippen molar-refractivity contribution in [3.63, 3.8) is 0 Å². The van der Waals surface area contributed by atoms with Gasteiger partial charge in [0.1, 0.15) is 0 Å². The quantitative estimate of drug-likeness (QED) is 0.747. The van der Waals surface area contributed by atoms with Gasteiger partial charge >= 0.3 is 0 Å². The molecule has 0 saturated heterocycles. The number of carbonyl (C=O) groups excluding carboxylic acids is 1. The zero-order valence-electron chi connectivity index (χ0n) is 10.5. The predicted octanol–water partition coefficient (Wildman–Crippen LogP) is 4.38. The van der Waals surface area contributed by atoms with Gasteiger partial charge in [0.05, 0.1) is 0 Å². The van der Waals surface area contributed by atoms with E-state index >= 15 is 0 Å². The normalized spacial score (nSPS) is 10.4. The van der Waals surface area contributed by atoms with Crippen LogP contribution in [0.1, 0.15) is 27.0 Å². The Morgan fingerprint density at radius 3 is 2.61 bits per heavy atom. The van der Waals surface area contributed by atoms with Gasteiger partial charge in [0.15, 0.2) is 5.78 Å². The largest absolute Gasteiger partial charge is 0.294 e. The maximum Gasteiger partial charge on any atom is 0.167 e. The zero-order chi connectivity index (χ0) is 13.1. The minimum absolute atomic E-state index is 0.137. The summed E-state index contributed by atoms with van der Waals surface area (Å²) in [6.45, 7) is 3.96. The summed E-state index contributed by atoms with van der Waals surface area (Å²) in [6, 6.07) is 13.4. The van der Waals surface area contributed by atoms with Crippen LogP contribution in [0.3, 0.4) is 0 Å². The highest BCUT2D eigenvalue weighted by atomic mass is 35.5. The molecule has 0 bridgehead atoms. The number of benzene rings is 2. The standard InChI is InChI=1S/C16H15ClO/c1-11-6-7-12(2)15(8-11)16(18)10-13-4-3-5-14(17)9-13/h3-9H,10H2,1-2H3. The van der Waals surface area contributed by atoms with Gasteiger partial charge in [0.2, 0.25) is 0 Å². The summed E-state index contributed by atoms with van der Waals surface area (Å²) in [5.74, 6) is 0.137. The molecule has 0 radical (unpaired) electrons. The highest BCUT2D eigenvalue weighted by molar-refractivity contribution is 6.30. The Hall–Kier alpha value is -1.60. The molecule has 1 nitrogen and oxygen atoms in total. The lowest BCUT2D eigenvalue weighted by molar-refractivity contribution is 0.0992. The molecule has 0 aromatic heterocycles. The zero-order valence-corrected chi connectivity index (χ0v) is 11.3. The molecule has 2 aromatic rings. The monoisotopic (exact) mass is 258 g/mol. The third-order valence-electron chi connectivity index (χ3n) is 2.95. The van der Waals surface area contributed by atoms with Crippen molar-refractivity contribution in [1.82, 2.24) is 0 Å². The van der Waals surface area contributed by atoms with Crippen molar-refractivity contribution >= 4 is 17.4 Å². The Labute approximate surface area is 112 Å². The molecule has 2 rings (SSSR count). The van der Waals surface area contributed by atoms with Gasteiger partial charge in [-0.3, -0.25) is 4.79 Å². The lowest BCUT2D eigenvalue weighted by Crippen LogP contribution is -2.06. The van der Waals surface area contributed by atoms with Crippen LogP contribution in [-0.2, 0) is 6.42 Å². The molecule has 0 unspecified atom stereocenters. The molecule has 0 N–H and O–H groups in total. The Morgan fingerprint density at radius 2 is 1.89 bits per heavy atom. The average molecular weight is 259 g/mol. The summed E-state index contributed by atoms with van der Waals surface area (Å²) in [4.78, 5) is 12.3. The van der Waals surface area contributed by atoms with E-state index in [4.69, 9.17) is 11.6 Å². The van der Waals surface area contributed by atoms with Crippen LogP contribution in [0.25, 0.3) is 0 Å². The van der Waals surface area contributed by atoms with Crippen LogP contribution < -0.4 is 0 Å². The lowest BCUT2D eigenvalue weighted by atomic mass is 9.97. The molecule has 18 heavy (non-hydrogen) atoms. The van der Waals surface area contributed by atoms with E-state index in [9.17, 15) is 4.79 Å². The minimum atomic E-state index is 0.137. The first kappa shape index (κ1) is 12.8. The number of Topliss-reactive ketones (excluding diaryl/α,β-unsaturated/α-hetero) is 1. The van der Waals surface area contributed by atoms with E-state index in [1.165, 1.54) is 0 Å². The fraction of sp³-hybridized carbons (Fsp3) is 0.188. The first-order valence-corrected chi connectivity index (χ1v) is 6.29. The molecule has 0 heterocycles. The molecule has 0 saturated carbocycles. The first-order valence-electron chi connectivity index (χ1n) is 5.91. The van der Waals surface area contributed by atoms with E-state index in [0.717, 1.165) is 22.3 Å². The van der Waals surface area contributed by atoms with Gasteiger partial charge in [0.25, 0.3) is 0 Å². The van der Waals surface area contributed by atoms with Crippen molar-refractivity contribution in [3.8, 4) is 0 Å². The van der Waals surface area contributed by atoms with Crippen molar-refractivity contribution in [3.05, 3.63) is 69.7 Å². The second kappa shape index (κ2) is 5.36. The Kier molecular flexibility index (Phi) is 3.83. The fourth-order valence-corrected chi connectivity index (χ4v) is 2.18. The molecular formula is C16H15ClO. The molecule has 92 valence electrons. The van der Waals surface area contributed by atoms with Crippen LogP contribution in [0, 0.1) is 13.8 Å². The van der Waals surface area contributed by atoms with Crippen LogP contribution in [0.15, 0.2) is 42.5 Å². The van der Waals surface area contributed by atoms with E-state index in [2.05, 4.69) is 0 Å². The molecular weight excluding hydrogens is 244 g/mol. The topological polar surface area (TPSA) is 17.1 Å². The predicted molar refractivity (Wildman–Crippen MR) is 75.4 cm³/mol. The van der Waals surface area contributed by atoms with Gasteiger partial charge in [-0.1, -0.05) is 41.4 Å².